The fourth-order valence-electron chi connectivity index (χ4n) is 2.19. The molecule has 0 aliphatic heterocycles. The van der Waals surface area contributed by atoms with Gasteiger partial charge in [0.15, 0.2) is 23.2 Å². The highest BCUT2D eigenvalue weighted by atomic mass is 19.2. The minimum absolute atomic E-state index is 0.0511. The smallest absolute Gasteiger partial charge is 0.195 e. The van der Waals surface area contributed by atoms with Gasteiger partial charge >= 0.3 is 0 Å². The van der Waals surface area contributed by atoms with Crippen LogP contribution in [0.2, 0.25) is 0 Å². The maximum atomic E-state index is 13.5. The van der Waals surface area contributed by atoms with Crippen LogP contribution in [0.1, 0.15) is 27.0 Å². The molecule has 2 aromatic carbocycles. The van der Waals surface area contributed by atoms with Gasteiger partial charge in [-0.2, -0.15) is 0 Å². The summed E-state index contributed by atoms with van der Waals surface area (Å²) in [5.74, 6) is -4.92. The van der Waals surface area contributed by atoms with Gasteiger partial charge in [0.1, 0.15) is 0 Å². The van der Waals surface area contributed by atoms with Crippen molar-refractivity contribution in [1.82, 2.24) is 0 Å². The molecule has 2 aromatic rings. The summed E-state index contributed by atoms with van der Waals surface area (Å²) < 4.78 is 39.5. The van der Waals surface area contributed by atoms with Gasteiger partial charge in [0.2, 0.25) is 0 Å². The van der Waals surface area contributed by atoms with Crippen molar-refractivity contribution in [3.63, 3.8) is 0 Å². The first-order valence-corrected chi connectivity index (χ1v) is 6.12. The molecule has 20 heavy (non-hydrogen) atoms. The Morgan fingerprint density at radius 1 is 0.950 bits per heavy atom. The highest BCUT2D eigenvalue weighted by molar-refractivity contribution is 5.97. The molecule has 0 unspecified atom stereocenters. The Labute approximate surface area is 115 Å². The molecular formula is C16H13F3O. The fraction of sp³-hybridized carbons (Fsp3) is 0.188. The predicted molar refractivity (Wildman–Crippen MR) is 70.3 cm³/mol. The Kier molecular flexibility index (Phi) is 3.93. The topological polar surface area (TPSA) is 17.1 Å². The quantitative estimate of drug-likeness (QED) is 0.609. The first-order valence-electron chi connectivity index (χ1n) is 6.12. The summed E-state index contributed by atoms with van der Waals surface area (Å²) in [7, 11) is 0. The van der Waals surface area contributed by atoms with E-state index in [1.54, 1.807) is 0 Å². The molecule has 0 aliphatic rings. The van der Waals surface area contributed by atoms with Gasteiger partial charge in [-0.3, -0.25) is 4.79 Å². The molecule has 0 aromatic heterocycles. The van der Waals surface area contributed by atoms with Crippen LogP contribution in [0.3, 0.4) is 0 Å². The van der Waals surface area contributed by atoms with Crippen LogP contribution < -0.4 is 0 Å². The average molecular weight is 278 g/mol. The third-order valence-corrected chi connectivity index (χ3v) is 2.98. The van der Waals surface area contributed by atoms with Crippen LogP contribution in [0.25, 0.3) is 0 Å². The van der Waals surface area contributed by atoms with E-state index in [-0.39, 0.29) is 6.42 Å². The lowest BCUT2D eigenvalue weighted by Gasteiger charge is -2.06. The van der Waals surface area contributed by atoms with Gasteiger partial charge in [0, 0.05) is 6.42 Å². The molecule has 0 heterocycles. The summed E-state index contributed by atoms with van der Waals surface area (Å²) >= 11 is 0. The second-order valence-corrected chi connectivity index (χ2v) is 4.82. The SMILES string of the molecule is Cc1cc(C)cc(CC(=O)c2ccc(F)c(F)c2F)c1. The van der Waals surface area contributed by atoms with Crippen LogP contribution >= 0.6 is 0 Å². The molecule has 0 bridgehead atoms. The molecule has 0 radical (unpaired) electrons. The standard InChI is InChI=1S/C16H13F3O/c1-9-5-10(2)7-11(6-9)8-14(20)12-3-4-13(17)16(19)15(12)18/h3-7H,8H2,1-2H3. The molecule has 0 atom stereocenters. The first-order chi connectivity index (χ1) is 9.38. The number of aryl methyl sites for hydroxylation is 2. The monoisotopic (exact) mass is 278 g/mol. The number of hydrogen-bond acceptors (Lipinski definition) is 1. The lowest BCUT2D eigenvalue weighted by molar-refractivity contribution is 0.0988. The van der Waals surface area contributed by atoms with Gasteiger partial charge in [-0.25, -0.2) is 13.2 Å². The number of rotatable bonds is 3. The van der Waals surface area contributed by atoms with Crippen LogP contribution in [0.15, 0.2) is 30.3 Å². The second kappa shape index (κ2) is 5.49. The van der Waals surface area contributed by atoms with E-state index in [0.29, 0.717) is 0 Å². The molecule has 0 saturated carbocycles. The van der Waals surface area contributed by atoms with E-state index in [1.165, 1.54) is 0 Å². The largest absolute Gasteiger partial charge is 0.294 e. The Balaban J connectivity index is 2.31. The average Bonchev–Trinajstić information content (AvgIpc) is 2.34. The lowest BCUT2D eigenvalue weighted by Crippen LogP contribution is -2.09. The molecule has 0 aliphatic carbocycles. The predicted octanol–water partition coefficient (Wildman–Crippen LogP) is 4.15. The van der Waals surface area contributed by atoms with Gasteiger partial charge in [-0.15, -0.1) is 0 Å². The normalized spacial score (nSPS) is 10.7. The van der Waals surface area contributed by atoms with Gasteiger partial charge < -0.3 is 0 Å². The summed E-state index contributed by atoms with van der Waals surface area (Å²) in [6.45, 7) is 3.78. The molecule has 0 N–H and O–H groups in total. The molecule has 4 heteroatoms. The van der Waals surface area contributed by atoms with Crippen LogP contribution in [0.4, 0.5) is 13.2 Å². The van der Waals surface area contributed by atoms with Gasteiger partial charge in [-0.1, -0.05) is 29.3 Å². The van der Waals surface area contributed by atoms with Crippen molar-refractivity contribution in [2.45, 2.75) is 20.3 Å². The van der Waals surface area contributed by atoms with E-state index >= 15 is 0 Å². The molecule has 0 spiro atoms. The van der Waals surface area contributed by atoms with Gasteiger partial charge in [0.05, 0.1) is 5.56 Å². The van der Waals surface area contributed by atoms with E-state index in [4.69, 9.17) is 0 Å². The van der Waals surface area contributed by atoms with Gasteiger partial charge in [0.25, 0.3) is 0 Å². The Hall–Kier alpha value is -2.10. The van der Waals surface area contributed by atoms with Crippen LogP contribution in [0.5, 0.6) is 0 Å². The summed E-state index contributed by atoms with van der Waals surface area (Å²) in [5, 5.41) is 0. The van der Waals surface area contributed by atoms with E-state index in [0.717, 1.165) is 28.8 Å². The van der Waals surface area contributed by atoms with E-state index < -0.39 is 28.8 Å². The summed E-state index contributed by atoms with van der Waals surface area (Å²) in [6, 6.07) is 7.30. The second-order valence-electron chi connectivity index (χ2n) is 4.82. The molecule has 104 valence electrons. The lowest BCUT2D eigenvalue weighted by atomic mass is 9.99. The molecule has 0 saturated heterocycles. The Morgan fingerprint density at radius 3 is 2.15 bits per heavy atom. The van der Waals surface area contributed by atoms with Gasteiger partial charge in [-0.05, 0) is 31.5 Å². The highest BCUT2D eigenvalue weighted by Crippen LogP contribution is 2.18. The number of ketones is 1. The minimum atomic E-state index is -1.61. The van der Waals surface area contributed by atoms with Crippen molar-refractivity contribution in [3.8, 4) is 0 Å². The number of halogens is 3. The van der Waals surface area contributed by atoms with Crippen molar-refractivity contribution in [2.75, 3.05) is 0 Å². The van der Waals surface area contributed by atoms with Crippen molar-refractivity contribution < 1.29 is 18.0 Å². The van der Waals surface area contributed by atoms with Crippen molar-refractivity contribution in [3.05, 3.63) is 70.0 Å². The van der Waals surface area contributed by atoms with Crippen LogP contribution in [-0.2, 0) is 6.42 Å². The molecule has 2 rings (SSSR count). The van der Waals surface area contributed by atoms with Crippen molar-refractivity contribution >= 4 is 5.78 Å². The number of carbonyl (C=O) groups is 1. The van der Waals surface area contributed by atoms with E-state index in [2.05, 4.69) is 0 Å². The Morgan fingerprint density at radius 2 is 1.55 bits per heavy atom. The Bertz CT molecular complexity index is 657. The van der Waals surface area contributed by atoms with Crippen molar-refractivity contribution in [1.29, 1.82) is 0 Å². The first kappa shape index (κ1) is 14.3. The molecule has 0 fully saturated rings. The summed E-state index contributed by atoms with van der Waals surface area (Å²) in [6.07, 6.45) is -0.0511. The van der Waals surface area contributed by atoms with E-state index in [1.807, 2.05) is 32.0 Å². The van der Waals surface area contributed by atoms with Crippen LogP contribution in [0, 0.1) is 31.3 Å². The third kappa shape index (κ3) is 2.90. The highest BCUT2D eigenvalue weighted by Gasteiger charge is 2.18. The number of hydrogen-bond donors (Lipinski definition) is 0. The number of carbonyl (C=O) groups excluding carboxylic acids is 1. The van der Waals surface area contributed by atoms with E-state index in [9.17, 15) is 18.0 Å². The van der Waals surface area contributed by atoms with Crippen molar-refractivity contribution in [2.24, 2.45) is 0 Å². The molecule has 0 amide bonds. The summed E-state index contributed by atoms with van der Waals surface area (Å²) in [5.41, 5.74) is 2.26. The van der Waals surface area contributed by atoms with Crippen LogP contribution in [-0.4, -0.2) is 5.78 Å². The number of benzene rings is 2. The zero-order chi connectivity index (χ0) is 14.9. The maximum absolute atomic E-state index is 13.5. The maximum Gasteiger partial charge on any atom is 0.195 e. The minimum Gasteiger partial charge on any atom is -0.294 e. The number of Topliss-reactive ketones (excluding diaryl/α,β-unsaturated/α-hetero) is 1. The fourth-order valence-corrected chi connectivity index (χ4v) is 2.19. The molecular weight excluding hydrogens is 265 g/mol. The summed E-state index contributed by atoms with van der Waals surface area (Å²) in [4.78, 5) is 12.0. The molecule has 1 nitrogen and oxygen atoms in total. The third-order valence-electron chi connectivity index (χ3n) is 2.98. The zero-order valence-corrected chi connectivity index (χ0v) is 11.1. The zero-order valence-electron chi connectivity index (χ0n) is 11.1.